The van der Waals surface area contributed by atoms with Gasteiger partial charge in [0.1, 0.15) is 0 Å². The number of allylic oxidation sites excluding steroid dienone is 2. The summed E-state index contributed by atoms with van der Waals surface area (Å²) < 4.78 is 1.95. The van der Waals surface area contributed by atoms with Crippen molar-refractivity contribution in [1.82, 2.24) is 9.78 Å². The fraction of sp³-hybridized carbons (Fsp3) is 0.571. The first-order valence-corrected chi connectivity index (χ1v) is 6.52. The molecule has 1 heterocycles. The molecule has 0 unspecified atom stereocenters. The van der Waals surface area contributed by atoms with Gasteiger partial charge in [-0.1, -0.05) is 13.0 Å². The fourth-order valence-electron chi connectivity index (χ4n) is 2.31. The smallest absolute Gasteiger partial charge is 0.164 e. The lowest BCUT2D eigenvalue weighted by Gasteiger charge is -2.04. The molecule has 2 rings (SSSR count). The lowest BCUT2D eigenvalue weighted by Crippen LogP contribution is -2.10. The Morgan fingerprint density at radius 2 is 2.29 bits per heavy atom. The van der Waals surface area contributed by atoms with Gasteiger partial charge in [0.25, 0.3) is 0 Å². The third kappa shape index (κ3) is 2.65. The zero-order valence-electron chi connectivity index (χ0n) is 10.7. The molecule has 1 aromatic rings. The van der Waals surface area contributed by atoms with Gasteiger partial charge in [-0.05, 0) is 44.2 Å². The Morgan fingerprint density at radius 1 is 1.47 bits per heavy atom. The molecule has 0 radical (unpaired) electrons. The topological polar surface area (TPSA) is 34.9 Å². The highest BCUT2D eigenvalue weighted by Crippen LogP contribution is 2.20. The molecule has 0 saturated carbocycles. The molecule has 1 aliphatic rings. The van der Waals surface area contributed by atoms with E-state index in [4.69, 9.17) is 0 Å². The standard InChI is InChI=1S/C14H20N2O/c1-3-12-9-13(16(4-2)15-12)10-14(17)11-7-5-6-8-11/h7,9H,3-6,8,10H2,1-2H3. The van der Waals surface area contributed by atoms with Crippen molar-refractivity contribution in [3.63, 3.8) is 0 Å². The average molecular weight is 232 g/mol. The molecular formula is C14H20N2O. The van der Waals surface area contributed by atoms with E-state index in [0.29, 0.717) is 6.42 Å². The van der Waals surface area contributed by atoms with Crippen LogP contribution in [0, 0.1) is 0 Å². The summed E-state index contributed by atoms with van der Waals surface area (Å²) in [6.45, 7) is 4.99. The van der Waals surface area contributed by atoms with Crippen LogP contribution in [-0.4, -0.2) is 15.6 Å². The van der Waals surface area contributed by atoms with Gasteiger partial charge in [-0.25, -0.2) is 0 Å². The molecule has 0 spiro atoms. The number of hydrogen-bond acceptors (Lipinski definition) is 2. The predicted molar refractivity (Wildman–Crippen MR) is 67.9 cm³/mol. The quantitative estimate of drug-likeness (QED) is 0.782. The number of aromatic nitrogens is 2. The Morgan fingerprint density at radius 3 is 2.88 bits per heavy atom. The van der Waals surface area contributed by atoms with E-state index in [-0.39, 0.29) is 5.78 Å². The summed E-state index contributed by atoms with van der Waals surface area (Å²) in [6.07, 6.45) is 6.68. The molecule has 17 heavy (non-hydrogen) atoms. The Bertz CT molecular complexity index is 443. The molecule has 0 aromatic carbocycles. The number of nitrogens with zero attached hydrogens (tertiary/aromatic N) is 2. The Kier molecular flexibility index (Phi) is 3.77. The van der Waals surface area contributed by atoms with Crippen molar-refractivity contribution in [3.05, 3.63) is 29.1 Å². The number of carbonyl (C=O) groups is 1. The van der Waals surface area contributed by atoms with Crippen LogP contribution in [0.5, 0.6) is 0 Å². The number of carbonyl (C=O) groups excluding carboxylic acids is 1. The van der Waals surface area contributed by atoms with Gasteiger partial charge in [-0.2, -0.15) is 5.10 Å². The van der Waals surface area contributed by atoms with Gasteiger partial charge < -0.3 is 0 Å². The largest absolute Gasteiger partial charge is 0.294 e. The first kappa shape index (κ1) is 12.1. The van der Waals surface area contributed by atoms with E-state index < -0.39 is 0 Å². The van der Waals surface area contributed by atoms with Gasteiger partial charge >= 0.3 is 0 Å². The van der Waals surface area contributed by atoms with Crippen molar-refractivity contribution in [2.45, 2.75) is 52.5 Å². The van der Waals surface area contributed by atoms with Crippen LogP contribution in [0.25, 0.3) is 0 Å². The summed E-state index contributed by atoms with van der Waals surface area (Å²) >= 11 is 0. The molecule has 0 N–H and O–H groups in total. The van der Waals surface area contributed by atoms with Crippen LogP contribution in [0.2, 0.25) is 0 Å². The van der Waals surface area contributed by atoms with Gasteiger partial charge in [-0.15, -0.1) is 0 Å². The molecule has 1 aliphatic carbocycles. The highest BCUT2D eigenvalue weighted by molar-refractivity contribution is 5.96. The van der Waals surface area contributed by atoms with Crippen molar-refractivity contribution in [3.8, 4) is 0 Å². The zero-order chi connectivity index (χ0) is 12.3. The van der Waals surface area contributed by atoms with Crippen LogP contribution in [-0.2, 0) is 24.2 Å². The number of rotatable bonds is 5. The summed E-state index contributed by atoms with van der Waals surface area (Å²) in [5.74, 6) is 0.278. The zero-order valence-corrected chi connectivity index (χ0v) is 10.7. The Hall–Kier alpha value is -1.38. The summed E-state index contributed by atoms with van der Waals surface area (Å²) in [5, 5.41) is 4.47. The van der Waals surface area contributed by atoms with Crippen LogP contribution in [0.15, 0.2) is 17.7 Å². The van der Waals surface area contributed by atoms with Crippen LogP contribution in [0.4, 0.5) is 0 Å². The van der Waals surface area contributed by atoms with E-state index >= 15 is 0 Å². The summed E-state index contributed by atoms with van der Waals surface area (Å²) in [4.78, 5) is 12.1. The highest BCUT2D eigenvalue weighted by Gasteiger charge is 2.16. The molecule has 0 saturated heterocycles. The number of ketones is 1. The molecule has 0 bridgehead atoms. The second kappa shape index (κ2) is 5.30. The molecule has 1 aromatic heterocycles. The third-order valence-electron chi connectivity index (χ3n) is 3.32. The molecule has 3 heteroatoms. The second-order valence-electron chi connectivity index (χ2n) is 4.52. The van der Waals surface area contributed by atoms with Gasteiger partial charge in [-0.3, -0.25) is 9.48 Å². The SMILES string of the molecule is CCc1cc(CC(=O)C2=CCCC2)n(CC)n1. The first-order valence-electron chi connectivity index (χ1n) is 6.52. The minimum absolute atomic E-state index is 0.278. The molecule has 0 aliphatic heterocycles. The molecular weight excluding hydrogens is 212 g/mol. The monoisotopic (exact) mass is 232 g/mol. The highest BCUT2D eigenvalue weighted by atomic mass is 16.1. The molecule has 0 fully saturated rings. The lowest BCUT2D eigenvalue weighted by molar-refractivity contribution is -0.115. The van der Waals surface area contributed by atoms with E-state index in [1.54, 1.807) is 0 Å². The first-order chi connectivity index (χ1) is 8.24. The average Bonchev–Trinajstić information content (AvgIpc) is 2.97. The van der Waals surface area contributed by atoms with Crippen LogP contribution in [0.1, 0.15) is 44.5 Å². The van der Waals surface area contributed by atoms with Crippen molar-refractivity contribution < 1.29 is 4.79 Å². The van der Waals surface area contributed by atoms with Crippen molar-refractivity contribution in [2.24, 2.45) is 0 Å². The molecule has 0 amide bonds. The second-order valence-corrected chi connectivity index (χ2v) is 4.52. The maximum absolute atomic E-state index is 12.1. The maximum atomic E-state index is 12.1. The Labute approximate surface area is 103 Å². The minimum atomic E-state index is 0.278. The van der Waals surface area contributed by atoms with Gasteiger partial charge in [0, 0.05) is 12.2 Å². The number of aryl methyl sites for hydroxylation is 2. The predicted octanol–water partition coefficient (Wildman–Crippen LogP) is 2.69. The van der Waals surface area contributed by atoms with Crippen molar-refractivity contribution >= 4 is 5.78 Å². The molecule has 3 nitrogen and oxygen atoms in total. The van der Waals surface area contributed by atoms with E-state index in [1.165, 1.54) is 0 Å². The number of Topliss-reactive ketones (excluding diaryl/α,β-unsaturated/α-hetero) is 1. The van der Waals surface area contributed by atoms with Crippen LogP contribution in [0.3, 0.4) is 0 Å². The van der Waals surface area contributed by atoms with Gasteiger partial charge in [0.15, 0.2) is 5.78 Å². The van der Waals surface area contributed by atoms with Gasteiger partial charge in [0.2, 0.25) is 0 Å². The Balaban J connectivity index is 2.11. The molecule has 0 atom stereocenters. The van der Waals surface area contributed by atoms with E-state index in [9.17, 15) is 4.79 Å². The fourth-order valence-corrected chi connectivity index (χ4v) is 2.31. The third-order valence-corrected chi connectivity index (χ3v) is 3.32. The van der Waals surface area contributed by atoms with Crippen molar-refractivity contribution in [1.29, 1.82) is 0 Å². The lowest BCUT2D eigenvalue weighted by atomic mass is 10.1. The van der Waals surface area contributed by atoms with Crippen molar-refractivity contribution in [2.75, 3.05) is 0 Å². The summed E-state index contributed by atoms with van der Waals surface area (Å²) in [7, 11) is 0. The maximum Gasteiger partial charge on any atom is 0.164 e. The van der Waals surface area contributed by atoms with Gasteiger partial charge in [0.05, 0.1) is 12.1 Å². The molecule has 92 valence electrons. The van der Waals surface area contributed by atoms with Crippen LogP contribution >= 0.6 is 0 Å². The van der Waals surface area contributed by atoms with E-state index in [1.807, 2.05) is 4.68 Å². The van der Waals surface area contributed by atoms with E-state index in [0.717, 1.165) is 49.2 Å². The van der Waals surface area contributed by atoms with E-state index in [2.05, 4.69) is 31.1 Å². The number of hydrogen-bond donors (Lipinski definition) is 0. The summed E-state index contributed by atoms with van der Waals surface area (Å²) in [6, 6.07) is 2.07. The van der Waals surface area contributed by atoms with Crippen LogP contribution < -0.4 is 0 Å². The minimum Gasteiger partial charge on any atom is -0.294 e. The normalized spacial score (nSPS) is 15.1. The summed E-state index contributed by atoms with van der Waals surface area (Å²) in [5.41, 5.74) is 3.16.